The van der Waals surface area contributed by atoms with Crippen LogP contribution in [0.15, 0.2) is 30.3 Å². The van der Waals surface area contributed by atoms with Crippen LogP contribution in [0.5, 0.6) is 0 Å². The van der Waals surface area contributed by atoms with Gasteiger partial charge in [-0.15, -0.1) is 0 Å². The highest BCUT2D eigenvalue weighted by molar-refractivity contribution is 5.59. The summed E-state index contributed by atoms with van der Waals surface area (Å²) in [4.78, 5) is 0. The molecule has 1 fully saturated rings. The van der Waals surface area contributed by atoms with E-state index in [0.29, 0.717) is 24.7 Å². The second kappa shape index (κ2) is 7.24. The van der Waals surface area contributed by atoms with Gasteiger partial charge in [0.15, 0.2) is 6.29 Å². The molecular formula is C16H18F4O2. The van der Waals surface area contributed by atoms with Crippen molar-refractivity contribution < 1.29 is 27.0 Å². The lowest BCUT2D eigenvalue weighted by Crippen LogP contribution is -2.26. The SMILES string of the molecule is CCCC1COC(c2ccc(/C(F)=C/C(F)(F)F)cc2)OC1. The number of hydrogen-bond acceptors (Lipinski definition) is 2. The van der Waals surface area contributed by atoms with Crippen LogP contribution in [0.1, 0.15) is 37.2 Å². The van der Waals surface area contributed by atoms with Gasteiger partial charge < -0.3 is 9.47 Å². The van der Waals surface area contributed by atoms with E-state index in [4.69, 9.17) is 9.47 Å². The van der Waals surface area contributed by atoms with Gasteiger partial charge in [-0.3, -0.25) is 0 Å². The van der Waals surface area contributed by atoms with Crippen LogP contribution in [0.2, 0.25) is 0 Å². The van der Waals surface area contributed by atoms with E-state index in [2.05, 4.69) is 6.92 Å². The molecule has 0 atom stereocenters. The summed E-state index contributed by atoms with van der Waals surface area (Å²) in [6.45, 7) is 3.26. The Morgan fingerprint density at radius 3 is 2.27 bits per heavy atom. The fraction of sp³-hybridized carbons (Fsp3) is 0.500. The predicted octanol–water partition coefficient (Wildman–Crippen LogP) is 5.02. The Balaban J connectivity index is 2.00. The highest BCUT2D eigenvalue weighted by Gasteiger charge is 2.26. The summed E-state index contributed by atoms with van der Waals surface area (Å²) in [5, 5.41) is 0. The molecule has 0 amide bonds. The Hall–Kier alpha value is -1.40. The molecule has 0 unspecified atom stereocenters. The minimum Gasteiger partial charge on any atom is -0.348 e. The summed E-state index contributed by atoms with van der Waals surface area (Å²) < 4.78 is 60.9. The lowest BCUT2D eigenvalue weighted by molar-refractivity contribution is -0.206. The molecule has 1 saturated heterocycles. The lowest BCUT2D eigenvalue weighted by Gasteiger charge is -2.29. The highest BCUT2D eigenvalue weighted by atomic mass is 19.4. The molecule has 0 saturated carbocycles. The van der Waals surface area contributed by atoms with Crippen LogP contribution in [-0.4, -0.2) is 19.4 Å². The quantitative estimate of drug-likeness (QED) is 0.726. The van der Waals surface area contributed by atoms with Crippen molar-refractivity contribution in [2.75, 3.05) is 13.2 Å². The standard InChI is InChI=1S/C16H18F4O2/c1-2-3-11-9-21-15(22-10-11)13-6-4-12(5-7-13)14(17)8-16(18,19)20/h4-8,11,15H,2-3,9-10H2,1H3/b14-8-. The second-order valence-corrected chi connectivity index (χ2v) is 5.31. The molecule has 1 aromatic rings. The average Bonchev–Trinajstić information content (AvgIpc) is 2.47. The zero-order valence-corrected chi connectivity index (χ0v) is 12.2. The molecule has 22 heavy (non-hydrogen) atoms. The van der Waals surface area contributed by atoms with Crippen LogP contribution < -0.4 is 0 Å². The van der Waals surface area contributed by atoms with E-state index in [1.54, 1.807) is 0 Å². The highest BCUT2D eigenvalue weighted by Crippen LogP contribution is 2.29. The molecule has 1 aliphatic rings. The summed E-state index contributed by atoms with van der Waals surface area (Å²) in [7, 11) is 0. The zero-order chi connectivity index (χ0) is 16.2. The summed E-state index contributed by atoms with van der Waals surface area (Å²) in [6, 6.07) is 5.61. The molecule has 0 spiro atoms. The molecule has 0 aliphatic carbocycles. The third kappa shape index (κ3) is 4.81. The fourth-order valence-electron chi connectivity index (χ4n) is 2.34. The fourth-order valence-corrected chi connectivity index (χ4v) is 2.34. The van der Waals surface area contributed by atoms with E-state index in [0.717, 1.165) is 12.8 Å². The summed E-state index contributed by atoms with van der Waals surface area (Å²) in [6.07, 6.45) is -3.49. The number of allylic oxidation sites excluding steroid dienone is 1. The Labute approximate surface area is 126 Å². The normalized spacial score (nSPS) is 23.6. The molecule has 0 bridgehead atoms. The first-order valence-corrected chi connectivity index (χ1v) is 7.17. The number of alkyl halides is 3. The van der Waals surface area contributed by atoms with Gasteiger partial charge in [-0.05, 0) is 6.42 Å². The van der Waals surface area contributed by atoms with E-state index in [1.165, 1.54) is 24.3 Å². The number of rotatable bonds is 4. The smallest absolute Gasteiger partial charge is 0.348 e. The molecule has 2 nitrogen and oxygen atoms in total. The van der Waals surface area contributed by atoms with Crippen LogP contribution in [0.25, 0.3) is 5.83 Å². The molecule has 0 aromatic heterocycles. The van der Waals surface area contributed by atoms with Gasteiger partial charge in [0, 0.05) is 17.0 Å². The largest absolute Gasteiger partial charge is 0.412 e. The molecule has 2 rings (SSSR count). The van der Waals surface area contributed by atoms with Crippen LogP contribution >= 0.6 is 0 Å². The Morgan fingerprint density at radius 2 is 1.77 bits per heavy atom. The van der Waals surface area contributed by atoms with Gasteiger partial charge in [-0.1, -0.05) is 37.6 Å². The minimum absolute atomic E-state index is 0.124. The molecule has 1 aliphatic heterocycles. The monoisotopic (exact) mass is 318 g/mol. The van der Waals surface area contributed by atoms with Crippen molar-refractivity contribution in [1.82, 2.24) is 0 Å². The maximum Gasteiger partial charge on any atom is 0.412 e. The topological polar surface area (TPSA) is 18.5 Å². The van der Waals surface area contributed by atoms with E-state index in [9.17, 15) is 17.6 Å². The van der Waals surface area contributed by atoms with Crippen LogP contribution in [0.3, 0.4) is 0 Å². The Morgan fingerprint density at radius 1 is 1.18 bits per heavy atom. The van der Waals surface area contributed by atoms with Gasteiger partial charge in [0.25, 0.3) is 0 Å². The summed E-state index contributed by atoms with van der Waals surface area (Å²) in [5.41, 5.74) is 0.541. The molecular weight excluding hydrogens is 300 g/mol. The van der Waals surface area contributed by atoms with Gasteiger partial charge >= 0.3 is 6.18 Å². The first-order valence-electron chi connectivity index (χ1n) is 7.17. The molecule has 1 heterocycles. The maximum absolute atomic E-state index is 13.4. The van der Waals surface area contributed by atoms with Crippen molar-refractivity contribution in [2.24, 2.45) is 5.92 Å². The van der Waals surface area contributed by atoms with Crippen molar-refractivity contribution >= 4 is 5.83 Å². The molecule has 1 aromatic carbocycles. The summed E-state index contributed by atoms with van der Waals surface area (Å²) in [5.74, 6) is -0.944. The number of hydrogen-bond donors (Lipinski definition) is 0. The van der Waals surface area contributed by atoms with Gasteiger partial charge in [0.05, 0.1) is 19.3 Å². The van der Waals surface area contributed by atoms with E-state index < -0.39 is 18.3 Å². The van der Waals surface area contributed by atoms with Crippen LogP contribution in [-0.2, 0) is 9.47 Å². The van der Waals surface area contributed by atoms with Crippen molar-refractivity contribution in [3.05, 3.63) is 41.5 Å². The first-order chi connectivity index (χ1) is 10.4. The van der Waals surface area contributed by atoms with Gasteiger partial charge in [-0.2, -0.15) is 13.2 Å². The lowest BCUT2D eigenvalue weighted by atomic mass is 10.0. The molecule has 122 valence electrons. The maximum atomic E-state index is 13.4. The van der Waals surface area contributed by atoms with E-state index >= 15 is 0 Å². The van der Waals surface area contributed by atoms with Crippen molar-refractivity contribution in [2.45, 2.75) is 32.2 Å². The second-order valence-electron chi connectivity index (χ2n) is 5.31. The number of benzene rings is 1. The van der Waals surface area contributed by atoms with Gasteiger partial charge in [0.1, 0.15) is 5.83 Å². The number of ether oxygens (including phenoxy) is 2. The van der Waals surface area contributed by atoms with E-state index in [1.807, 2.05) is 0 Å². The minimum atomic E-state index is -4.67. The zero-order valence-electron chi connectivity index (χ0n) is 12.2. The Kier molecular flexibility index (Phi) is 5.58. The van der Waals surface area contributed by atoms with Gasteiger partial charge in [-0.25, -0.2) is 4.39 Å². The summed E-state index contributed by atoms with van der Waals surface area (Å²) >= 11 is 0. The van der Waals surface area contributed by atoms with Gasteiger partial charge in [0.2, 0.25) is 0 Å². The third-order valence-electron chi connectivity index (χ3n) is 3.41. The first kappa shape index (κ1) is 17.0. The van der Waals surface area contributed by atoms with E-state index in [-0.39, 0.29) is 11.6 Å². The van der Waals surface area contributed by atoms with Crippen molar-refractivity contribution in [3.8, 4) is 0 Å². The van der Waals surface area contributed by atoms with Crippen molar-refractivity contribution in [3.63, 3.8) is 0 Å². The molecule has 0 radical (unpaired) electrons. The molecule has 0 N–H and O–H groups in total. The van der Waals surface area contributed by atoms with Crippen LogP contribution in [0.4, 0.5) is 17.6 Å². The molecule has 6 heteroatoms. The average molecular weight is 318 g/mol. The number of halogens is 4. The Bertz CT molecular complexity index is 500. The van der Waals surface area contributed by atoms with Crippen LogP contribution in [0, 0.1) is 5.92 Å². The van der Waals surface area contributed by atoms with Crippen molar-refractivity contribution in [1.29, 1.82) is 0 Å². The predicted molar refractivity (Wildman–Crippen MR) is 74.6 cm³/mol. The third-order valence-corrected chi connectivity index (χ3v) is 3.41.